The van der Waals surface area contributed by atoms with Gasteiger partial charge in [-0.3, -0.25) is 14.5 Å². The fourth-order valence-electron chi connectivity index (χ4n) is 3.19. The molecule has 7 nitrogen and oxygen atoms in total. The Morgan fingerprint density at radius 3 is 2.75 bits per heavy atom. The molecule has 0 spiro atoms. The SMILES string of the molecule is CCOc1ccc(NC(=O)CN2CCc3nc(NC(=O)C4CC4)sc3C2)cc1. The van der Waals surface area contributed by atoms with Gasteiger partial charge in [0.25, 0.3) is 0 Å². The molecule has 2 aliphatic rings. The average molecular weight is 401 g/mol. The number of carbonyl (C=O) groups excluding carboxylic acids is 2. The number of nitrogens with zero attached hydrogens (tertiary/aromatic N) is 2. The van der Waals surface area contributed by atoms with Gasteiger partial charge in [0.15, 0.2) is 5.13 Å². The van der Waals surface area contributed by atoms with E-state index < -0.39 is 0 Å². The van der Waals surface area contributed by atoms with Crippen LogP contribution < -0.4 is 15.4 Å². The van der Waals surface area contributed by atoms with E-state index in [-0.39, 0.29) is 17.7 Å². The van der Waals surface area contributed by atoms with Gasteiger partial charge in [0.1, 0.15) is 5.75 Å². The minimum Gasteiger partial charge on any atom is -0.494 e. The molecule has 1 saturated carbocycles. The van der Waals surface area contributed by atoms with E-state index in [1.807, 2.05) is 31.2 Å². The van der Waals surface area contributed by atoms with Crippen LogP contribution in [-0.4, -0.2) is 41.4 Å². The lowest BCUT2D eigenvalue weighted by atomic mass is 10.2. The van der Waals surface area contributed by atoms with Crippen molar-refractivity contribution in [1.82, 2.24) is 9.88 Å². The van der Waals surface area contributed by atoms with Gasteiger partial charge < -0.3 is 15.4 Å². The van der Waals surface area contributed by atoms with Crippen LogP contribution in [0.4, 0.5) is 10.8 Å². The van der Waals surface area contributed by atoms with Gasteiger partial charge in [0.05, 0.1) is 18.8 Å². The number of hydrogen-bond acceptors (Lipinski definition) is 6. The first-order valence-electron chi connectivity index (χ1n) is 9.65. The molecule has 2 N–H and O–H groups in total. The highest BCUT2D eigenvalue weighted by molar-refractivity contribution is 7.15. The van der Waals surface area contributed by atoms with Crippen LogP contribution in [0.1, 0.15) is 30.3 Å². The molecule has 1 fully saturated rings. The van der Waals surface area contributed by atoms with Gasteiger partial charge in [-0.15, -0.1) is 11.3 Å². The molecule has 2 amide bonds. The monoisotopic (exact) mass is 400 g/mol. The summed E-state index contributed by atoms with van der Waals surface area (Å²) in [6.07, 6.45) is 2.75. The summed E-state index contributed by atoms with van der Waals surface area (Å²) in [4.78, 5) is 32.1. The summed E-state index contributed by atoms with van der Waals surface area (Å²) in [5, 5.41) is 6.53. The van der Waals surface area contributed by atoms with E-state index in [2.05, 4.69) is 20.5 Å². The predicted molar refractivity (Wildman–Crippen MR) is 109 cm³/mol. The fraction of sp³-hybridized carbons (Fsp3) is 0.450. The zero-order chi connectivity index (χ0) is 19.5. The van der Waals surface area contributed by atoms with E-state index in [9.17, 15) is 9.59 Å². The van der Waals surface area contributed by atoms with E-state index >= 15 is 0 Å². The molecule has 148 valence electrons. The van der Waals surface area contributed by atoms with Crippen molar-refractivity contribution in [3.05, 3.63) is 34.8 Å². The van der Waals surface area contributed by atoms with Crippen LogP contribution in [0.5, 0.6) is 5.75 Å². The van der Waals surface area contributed by atoms with Gasteiger partial charge in [0.2, 0.25) is 11.8 Å². The van der Waals surface area contributed by atoms with Gasteiger partial charge in [0, 0.05) is 36.0 Å². The summed E-state index contributed by atoms with van der Waals surface area (Å²) in [6.45, 7) is 4.35. The minimum atomic E-state index is -0.0422. The van der Waals surface area contributed by atoms with Crippen LogP contribution in [0.15, 0.2) is 24.3 Å². The molecule has 0 bridgehead atoms. The van der Waals surface area contributed by atoms with Crippen molar-refractivity contribution in [3.63, 3.8) is 0 Å². The smallest absolute Gasteiger partial charge is 0.238 e. The number of hydrogen-bond donors (Lipinski definition) is 2. The molecule has 1 aliphatic carbocycles. The Bertz CT molecular complexity index is 861. The molecule has 1 aromatic heterocycles. The normalized spacial score (nSPS) is 16.3. The quantitative estimate of drug-likeness (QED) is 0.747. The first-order valence-corrected chi connectivity index (χ1v) is 10.5. The largest absolute Gasteiger partial charge is 0.494 e. The molecule has 28 heavy (non-hydrogen) atoms. The highest BCUT2D eigenvalue weighted by Gasteiger charge is 2.31. The molecule has 0 saturated heterocycles. The van der Waals surface area contributed by atoms with E-state index in [1.165, 1.54) is 11.3 Å². The number of amides is 2. The van der Waals surface area contributed by atoms with E-state index in [1.54, 1.807) is 0 Å². The molecule has 2 heterocycles. The third-order valence-corrected chi connectivity index (χ3v) is 5.80. The molecule has 4 rings (SSSR count). The van der Waals surface area contributed by atoms with Gasteiger partial charge in [-0.1, -0.05) is 0 Å². The summed E-state index contributed by atoms with van der Waals surface area (Å²) in [5.74, 6) is 1.000. The lowest BCUT2D eigenvalue weighted by molar-refractivity contribution is -0.118. The van der Waals surface area contributed by atoms with Crippen LogP contribution in [0.25, 0.3) is 0 Å². The number of rotatable bonds is 7. The molecule has 0 radical (unpaired) electrons. The molecule has 0 atom stereocenters. The second kappa shape index (κ2) is 8.28. The molecule has 8 heteroatoms. The lowest BCUT2D eigenvalue weighted by Crippen LogP contribution is -2.36. The standard InChI is InChI=1S/C20H24N4O3S/c1-2-27-15-7-5-14(6-8-15)21-18(25)12-24-10-9-16-17(11-24)28-20(22-16)23-19(26)13-3-4-13/h5-8,13H,2-4,9-12H2,1H3,(H,21,25)(H,22,23,26). The second-order valence-electron chi connectivity index (χ2n) is 7.12. The van der Waals surface area contributed by atoms with Crippen molar-refractivity contribution in [2.75, 3.05) is 30.3 Å². The summed E-state index contributed by atoms with van der Waals surface area (Å²) < 4.78 is 5.41. The zero-order valence-electron chi connectivity index (χ0n) is 15.9. The maximum absolute atomic E-state index is 12.4. The maximum atomic E-state index is 12.4. The Labute approximate surface area is 168 Å². The molecule has 2 aromatic rings. The molecular formula is C20H24N4O3S. The number of nitrogens with one attached hydrogen (secondary N) is 2. The molecule has 0 unspecified atom stereocenters. The van der Waals surface area contributed by atoms with Crippen molar-refractivity contribution >= 4 is 34.0 Å². The van der Waals surface area contributed by atoms with Crippen molar-refractivity contribution < 1.29 is 14.3 Å². The van der Waals surface area contributed by atoms with Crippen molar-refractivity contribution in [2.24, 2.45) is 5.92 Å². The number of anilines is 2. The van der Waals surface area contributed by atoms with Crippen LogP contribution in [0.3, 0.4) is 0 Å². The summed E-state index contributed by atoms with van der Waals surface area (Å²) in [5.41, 5.74) is 1.80. The Morgan fingerprint density at radius 2 is 2.04 bits per heavy atom. The highest BCUT2D eigenvalue weighted by Crippen LogP contribution is 2.33. The third-order valence-electron chi connectivity index (χ3n) is 4.80. The predicted octanol–water partition coefficient (Wildman–Crippen LogP) is 2.89. The van der Waals surface area contributed by atoms with Gasteiger partial charge in [-0.05, 0) is 44.0 Å². The van der Waals surface area contributed by atoms with E-state index in [0.717, 1.165) is 47.8 Å². The molecular weight excluding hydrogens is 376 g/mol. The van der Waals surface area contributed by atoms with Gasteiger partial charge >= 0.3 is 0 Å². The number of fused-ring (bicyclic) bond motifs is 1. The number of aromatic nitrogens is 1. The Hall–Kier alpha value is -2.45. The van der Waals surface area contributed by atoms with Crippen LogP contribution in [-0.2, 0) is 22.6 Å². The highest BCUT2D eigenvalue weighted by atomic mass is 32.1. The molecule has 1 aliphatic heterocycles. The van der Waals surface area contributed by atoms with E-state index in [4.69, 9.17) is 4.74 Å². The third kappa shape index (κ3) is 4.69. The Balaban J connectivity index is 1.29. The van der Waals surface area contributed by atoms with Crippen LogP contribution in [0.2, 0.25) is 0 Å². The van der Waals surface area contributed by atoms with Crippen LogP contribution in [0, 0.1) is 5.92 Å². The molecule has 1 aromatic carbocycles. The number of benzene rings is 1. The van der Waals surface area contributed by atoms with Gasteiger partial charge in [-0.25, -0.2) is 4.98 Å². The van der Waals surface area contributed by atoms with Crippen molar-refractivity contribution in [3.8, 4) is 5.75 Å². The topological polar surface area (TPSA) is 83.6 Å². The summed E-state index contributed by atoms with van der Waals surface area (Å²) in [6, 6.07) is 7.38. The summed E-state index contributed by atoms with van der Waals surface area (Å²) in [7, 11) is 0. The first kappa shape index (κ1) is 18.9. The Morgan fingerprint density at radius 1 is 1.25 bits per heavy atom. The van der Waals surface area contributed by atoms with Gasteiger partial charge in [-0.2, -0.15) is 0 Å². The maximum Gasteiger partial charge on any atom is 0.238 e. The van der Waals surface area contributed by atoms with Crippen LogP contribution >= 0.6 is 11.3 Å². The van der Waals surface area contributed by atoms with E-state index in [0.29, 0.717) is 24.8 Å². The first-order chi connectivity index (χ1) is 13.6. The fourth-order valence-corrected chi connectivity index (χ4v) is 4.25. The average Bonchev–Trinajstić information content (AvgIpc) is 3.45. The number of ether oxygens (including phenoxy) is 1. The zero-order valence-corrected chi connectivity index (χ0v) is 16.7. The second-order valence-corrected chi connectivity index (χ2v) is 8.20. The number of thiazole rings is 1. The van der Waals surface area contributed by atoms with Crippen molar-refractivity contribution in [1.29, 1.82) is 0 Å². The number of carbonyl (C=O) groups is 2. The van der Waals surface area contributed by atoms with Crippen molar-refractivity contribution in [2.45, 2.75) is 32.7 Å². The lowest BCUT2D eigenvalue weighted by Gasteiger charge is -2.25. The Kier molecular flexibility index (Phi) is 5.59. The summed E-state index contributed by atoms with van der Waals surface area (Å²) >= 11 is 1.52. The minimum absolute atomic E-state index is 0.0422.